The first-order valence-electron chi connectivity index (χ1n) is 7.75. The van der Waals surface area contributed by atoms with Crippen molar-refractivity contribution in [2.24, 2.45) is 0 Å². The third kappa shape index (κ3) is 6.17. The van der Waals surface area contributed by atoms with Gasteiger partial charge in [-0.2, -0.15) is 0 Å². The summed E-state index contributed by atoms with van der Waals surface area (Å²) < 4.78 is 0. The fourth-order valence-electron chi connectivity index (χ4n) is 2.20. The van der Waals surface area contributed by atoms with Crippen LogP contribution in [0.25, 0.3) is 0 Å². The van der Waals surface area contributed by atoms with E-state index in [2.05, 4.69) is 4.90 Å². The summed E-state index contributed by atoms with van der Waals surface area (Å²) in [6.07, 6.45) is 0.830. The molecule has 0 amide bonds. The van der Waals surface area contributed by atoms with Crippen molar-refractivity contribution in [2.45, 2.75) is 11.3 Å². The van der Waals surface area contributed by atoms with Crippen molar-refractivity contribution >= 4 is 23.1 Å². The van der Waals surface area contributed by atoms with E-state index in [0.29, 0.717) is 0 Å². The fraction of sp³-hybridized carbons (Fsp3) is 0.294. The second kappa shape index (κ2) is 9.14. The van der Waals surface area contributed by atoms with Crippen LogP contribution in [0.1, 0.15) is 5.56 Å². The minimum absolute atomic E-state index is 0.101. The van der Waals surface area contributed by atoms with Crippen molar-refractivity contribution < 1.29 is 9.85 Å². The number of thioether (sulfide) groups is 1. The molecule has 7 nitrogen and oxygen atoms in total. The van der Waals surface area contributed by atoms with Crippen LogP contribution in [-0.4, -0.2) is 40.6 Å². The summed E-state index contributed by atoms with van der Waals surface area (Å²) in [5.74, 6) is 0.884. The molecule has 132 valence electrons. The predicted molar refractivity (Wildman–Crippen MR) is 98.1 cm³/mol. The van der Waals surface area contributed by atoms with E-state index in [0.717, 1.165) is 35.7 Å². The molecule has 2 aromatic rings. The second-order valence-corrected chi connectivity index (χ2v) is 6.74. The molecule has 0 aliphatic heterocycles. The third-order valence-corrected chi connectivity index (χ3v) is 4.71. The Morgan fingerprint density at radius 3 is 1.92 bits per heavy atom. The van der Waals surface area contributed by atoms with Crippen molar-refractivity contribution in [1.29, 1.82) is 0 Å². The second-order valence-electron chi connectivity index (χ2n) is 5.58. The van der Waals surface area contributed by atoms with Gasteiger partial charge in [0, 0.05) is 48.0 Å². The molecule has 0 aromatic heterocycles. The predicted octanol–water partition coefficient (Wildman–Crippen LogP) is 3.77. The van der Waals surface area contributed by atoms with Crippen LogP contribution in [0.5, 0.6) is 0 Å². The number of nitro groups is 2. The van der Waals surface area contributed by atoms with Crippen LogP contribution in [-0.2, 0) is 6.42 Å². The first kappa shape index (κ1) is 18.9. The maximum Gasteiger partial charge on any atom is 0.269 e. The summed E-state index contributed by atoms with van der Waals surface area (Å²) in [5.41, 5.74) is 1.28. The molecular formula is C17H19N3O4S. The maximum absolute atomic E-state index is 10.6. The van der Waals surface area contributed by atoms with Gasteiger partial charge in [0.25, 0.3) is 11.4 Å². The van der Waals surface area contributed by atoms with Crippen LogP contribution in [0, 0.1) is 20.2 Å². The van der Waals surface area contributed by atoms with E-state index in [4.69, 9.17) is 0 Å². The lowest BCUT2D eigenvalue weighted by Crippen LogP contribution is -2.23. The molecule has 0 fully saturated rings. The van der Waals surface area contributed by atoms with Crippen LogP contribution in [0.3, 0.4) is 0 Å². The molecule has 0 spiro atoms. The normalized spacial score (nSPS) is 10.8. The standard InChI is InChI=1S/C17H19N3O4S/c1-18(11-10-14-2-4-15(5-3-14)19(21)22)12-13-25-17-8-6-16(7-9-17)20(23)24/h2-9H,10-13H2,1H3. The number of nitrogens with zero attached hydrogens (tertiary/aromatic N) is 3. The molecule has 0 heterocycles. The molecule has 0 N–H and O–H groups in total. The molecular weight excluding hydrogens is 342 g/mol. The zero-order valence-corrected chi connectivity index (χ0v) is 14.6. The van der Waals surface area contributed by atoms with Crippen molar-refractivity contribution in [3.63, 3.8) is 0 Å². The number of hydrogen-bond donors (Lipinski definition) is 0. The lowest BCUT2D eigenvalue weighted by molar-refractivity contribution is -0.385. The van der Waals surface area contributed by atoms with Gasteiger partial charge in [0.2, 0.25) is 0 Å². The Morgan fingerprint density at radius 1 is 0.880 bits per heavy atom. The largest absolute Gasteiger partial charge is 0.305 e. The molecule has 8 heteroatoms. The average molecular weight is 361 g/mol. The number of likely N-dealkylation sites (N-methyl/N-ethyl adjacent to an activating group) is 1. The Hall–Kier alpha value is -2.45. The monoisotopic (exact) mass is 361 g/mol. The molecule has 0 unspecified atom stereocenters. The zero-order chi connectivity index (χ0) is 18.2. The zero-order valence-electron chi connectivity index (χ0n) is 13.8. The van der Waals surface area contributed by atoms with Gasteiger partial charge < -0.3 is 4.90 Å². The quantitative estimate of drug-likeness (QED) is 0.384. The number of rotatable bonds is 9. The molecule has 0 radical (unpaired) electrons. The molecule has 0 saturated heterocycles. The molecule has 0 aliphatic rings. The minimum Gasteiger partial charge on any atom is -0.305 e. The smallest absolute Gasteiger partial charge is 0.269 e. The molecule has 25 heavy (non-hydrogen) atoms. The van der Waals surface area contributed by atoms with Crippen LogP contribution in [0.2, 0.25) is 0 Å². The van der Waals surface area contributed by atoms with E-state index in [1.807, 2.05) is 7.05 Å². The highest BCUT2D eigenvalue weighted by Gasteiger charge is 2.06. The van der Waals surface area contributed by atoms with E-state index in [9.17, 15) is 20.2 Å². The van der Waals surface area contributed by atoms with Gasteiger partial charge in [-0.3, -0.25) is 20.2 Å². The molecule has 0 aliphatic carbocycles. The van der Waals surface area contributed by atoms with E-state index < -0.39 is 9.85 Å². The van der Waals surface area contributed by atoms with Gasteiger partial charge in [0.05, 0.1) is 9.85 Å². The summed E-state index contributed by atoms with van der Waals surface area (Å²) in [6.45, 7) is 1.74. The van der Waals surface area contributed by atoms with Gasteiger partial charge in [-0.15, -0.1) is 11.8 Å². The van der Waals surface area contributed by atoms with Gasteiger partial charge in [-0.1, -0.05) is 12.1 Å². The van der Waals surface area contributed by atoms with E-state index >= 15 is 0 Å². The topological polar surface area (TPSA) is 89.5 Å². The van der Waals surface area contributed by atoms with Crippen LogP contribution in [0.4, 0.5) is 11.4 Å². The first-order valence-corrected chi connectivity index (χ1v) is 8.73. The van der Waals surface area contributed by atoms with Gasteiger partial charge in [-0.25, -0.2) is 0 Å². The fourth-order valence-corrected chi connectivity index (χ4v) is 3.17. The lowest BCUT2D eigenvalue weighted by atomic mass is 10.1. The summed E-state index contributed by atoms with van der Waals surface area (Å²) in [4.78, 5) is 23.6. The van der Waals surface area contributed by atoms with Gasteiger partial charge >= 0.3 is 0 Å². The summed E-state index contributed by atoms with van der Waals surface area (Å²) in [7, 11) is 2.03. The number of non-ortho nitro benzene ring substituents is 2. The highest BCUT2D eigenvalue weighted by Crippen LogP contribution is 2.21. The number of nitro benzene ring substituents is 2. The molecule has 2 aromatic carbocycles. The lowest BCUT2D eigenvalue weighted by Gasteiger charge is -2.16. The van der Waals surface area contributed by atoms with Crippen LogP contribution < -0.4 is 0 Å². The summed E-state index contributed by atoms with van der Waals surface area (Å²) >= 11 is 1.66. The summed E-state index contributed by atoms with van der Waals surface area (Å²) in [6, 6.07) is 13.2. The SMILES string of the molecule is CN(CCSc1ccc([N+](=O)[O-])cc1)CCc1ccc([N+](=O)[O-])cc1. The number of benzene rings is 2. The van der Waals surface area contributed by atoms with Crippen LogP contribution >= 0.6 is 11.8 Å². The Kier molecular flexibility index (Phi) is 6.91. The molecule has 0 saturated carbocycles. The van der Waals surface area contributed by atoms with Crippen LogP contribution in [0.15, 0.2) is 53.4 Å². The Morgan fingerprint density at radius 2 is 1.40 bits per heavy atom. The maximum atomic E-state index is 10.6. The highest BCUT2D eigenvalue weighted by molar-refractivity contribution is 7.99. The molecule has 2 rings (SSSR count). The Bertz CT molecular complexity index is 720. The van der Waals surface area contributed by atoms with E-state index in [-0.39, 0.29) is 11.4 Å². The summed E-state index contributed by atoms with van der Waals surface area (Å²) in [5, 5.41) is 21.2. The minimum atomic E-state index is -0.402. The average Bonchev–Trinajstić information content (AvgIpc) is 2.60. The first-order chi connectivity index (χ1) is 12.0. The Labute approximate surface area is 150 Å². The van der Waals surface area contributed by atoms with Crippen molar-refractivity contribution in [3.05, 3.63) is 74.3 Å². The van der Waals surface area contributed by atoms with Gasteiger partial charge in [0.1, 0.15) is 0 Å². The number of hydrogen-bond acceptors (Lipinski definition) is 6. The highest BCUT2D eigenvalue weighted by atomic mass is 32.2. The van der Waals surface area contributed by atoms with E-state index in [1.165, 1.54) is 24.3 Å². The van der Waals surface area contributed by atoms with Crippen molar-refractivity contribution in [3.8, 4) is 0 Å². The van der Waals surface area contributed by atoms with Gasteiger partial charge in [-0.05, 0) is 31.2 Å². The van der Waals surface area contributed by atoms with Gasteiger partial charge in [0.15, 0.2) is 0 Å². The Balaban J connectivity index is 1.70. The van der Waals surface area contributed by atoms with Crippen molar-refractivity contribution in [1.82, 2.24) is 4.90 Å². The third-order valence-electron chi connectivity index (χ3n) is 3.72. The van der Waals surface area contributed by atoms with E-state index in [1.54, 1.807) is 36.0 Å². The van der Waals surface area contributed by atoms with Crippen molar-refractivity contribution in [2.75, 3.05) is 25.9 Å². The molecule has 0 atom stereocenters. The molecule has 0 bridgehead atoms.